The normalized spacial score (nSPS) is 18.8. The van der Waals surface area contributed by atoms with Crippen molar-refractivity contribution in [1.29, 1.82) is 0 Å². The van der Waals surface area contributed by atoms with Gasteiger partial charge in [0.1, 0.15) is 5.82 Å². The molecular weight excluding hydrogens is 402 g/mol. The van der Waals surface area contributed by atoms with Crippen LogP contribution in [0.4, 0.5) is 5.82 Å². The maximum atomic E-state index is 12.9. The highest BCUT2D eigenvalue weighted by molar-refractivity contribution is 5.95. The highest BCUT2D eigenvalue weighted by atomic mass is 16.2. The van der Waals surface area contributed by atoms with Gasteiger partial charge in [-0.25, -0.2) is 9.97 Å². The van der Waals surface area contributed by atoms with Crippen molar-refractivity contribution in [3.8, 4) is 0 Å². The Kier molecular flexibility index (Phi) is 6.84. The van der Waals surface area contributed by atoms with Crippen LogP contribution in [-0.2, 0) is 22.4 Å². The number of benzene rings is 1. The molecule has 0 saturated carbocycles. The van der Waals surface area contributed by atoms with Crippen molar-refractivity contribution in [3.05, 3.63) is 53.0 Å². The Morgan fingerprint density at radius 3 is 2.66 bits per heavy atom. The molecule has 1 atom stereocenters. The minimum absolute atomic E-state index is 0.107. The zero-order valence-corrected chi connectivity index (χ0v) is 19.4. The summed E-state index contributed by atoms with van der Waals surface area (Å²) in [5.74, 6) is 1.63. The number of fused-ring (bicyclic) bond motifs is 1. The van der Waals surface area contributed by atoms with Crippen molar-refractivity contribution >= 4 is 17.6 Å². The van der Waals surface area contributed by atoms with Gasteiger partial charge in [0.15, 0.2) is 5.82 Å². The van der Waals surface area contributed by atoms with Gasteiger partial charge in [0.25, 0.3) is 0 Å². The molecule has 3 heterocycles. The Morgan fingerprint density at radius 2 is 1.91 bits per heavy atom. The van der Waals surface area contributed by atoms with Gasteiger partial charge in [0.2, 0.25) is 11.8 Å². The Bertz CT molecular complexity index is 976. The average Bonchev–Trinajstić information content (AvgIpc) is 2.78. The summed E-state index contributed by atoms with van der Waals surface area (Å²) in [6.07, 6.45) is 4.85. The molecule has 1 fully saturated rings. The molecule has 0 radical (unpaired) electrons. The second kappa shape index (κ2) is 9.77. The highest BCUT2D eigenvalue weighted by Gasteiger charge is 2.33. The van der Waals surface area contributed by atoms with E-state index in [2.05, 4.69) is 12.1 Å². The Balaban J connectivity index is 1.64. The smallest absolute Gasteiger partial charge is 0.237 e. The van der Waals surface area contributed by atoms with Gasteiger partial charge in [0.05, 0.1) is 12.6 Å². The minimum atomic E-state index is -0.131. The van der Waals surface area contributed by atoms with Gasteiger partial charge in [-0.15, -0.1) is 0 Å². The third-order valence-corrected chi connectivity index (χ3v) is 6.39. The molecule has 1 unspecified atom stereocenters. The number of piperidine rings is 1. The number of anilines is 1. The molecule has 2 aliphatic rings. The Labute approximate surface area is 190 Å². The average molecular weight is 436 g/mol. The summed E-state index contributed by atoms with van der Waals surface area (Å²) in [5.41, 5.74) is 3.18. The van der Waals surface area contributed by atoms with E-state index < -0.39 is 0 Å². The number of rotatable bonds is 6. The molecule has 0 N–H and O–H groups in total. The number of likely N-dealkylation sites (tertiary alicyclic amines) is 1. The van der Waals surface area contributed by atoms with E-state index in [4.69, 9.17) is 9.97 Å². The molecule has 170 valence electrons. The molecule has 0 spiro atoms. The highest BCUT2D eigenvalue weighted by Crippen LogP contribution is 2.34. The van der Waals surface area contributed by atoms with E-state index in [-0.39, 0.29) is 17.9 Å². The predicted octanol–water partition coefficient (Wildman–Crippen LogP) is 2.92. The molecule has 1 aromatic heterocycles. The topological polar surface area (TPSA) is 69.6 Å². The molecule has 1 aromatic carbocycles. The minimum Gasteiger partial charge on any atom is -0.331 e. The van der Waals surface area contributed by atoms with Crippen LogP contribution in [0.2, 0.25) is 0 Å². The van der Waals surface area contributed by atoms with Crippen LogP contribution in [-0.4, -0.2) is 65.3 Å². The standard InChI is InChI=1S/C25H33N5O2/c1-18-20-12-13-22(31)30(16-14-19-9-5-4-6-10-19)25(20)27-24(26-18)21-11-7-8-15-29(21)23(32)17-28(2)3/h4-6,9-10,21H,7-8,11-17H2,1-3H3. The van der Waals surface area contributed by atoms with Crippen LogP contribution in [0.15, 0.2) is 30.3 Å². The second-order valence-corrected chi connectivity index (χ2v) is 9.09. The number of amides is 2. The van der Waals surface area contributed by atoms with Crippen LogP contribution in [0.1, 0.15) is 54.4 Å². The number of likely N-dealkylation sites (N-methyl/N-ethyl adjacent to an activating group) is 1. The van der Waals surface area contributed by atoms with Gasteiger partial charge >= 0.3 is 0 Å². The number of hydrogen-bond donors (Lipinski definition) is 0. The molecule has 7 heteroatoms. The predicted molar refractivity (Wildman–Crippen MR) is 124 cm³/mol. The third-order valence-electron chi connectivity index (χ3n) is 6.39. The summed E-state index contributed by atoms with van der Waals surface area (Å²) in [7, 11) is 3.82. The fourth-order valence-electron chi connectivity index (χ4n) is 4.73. The summed E-state index contributed by atoms with van der Waals surface area (Å²) >= 11 is 0. The first kappa shape index (κ1) is 22.4. The first-order chi connectivity index (χ1) is 15.4. The van der Waals surface area contributed by atoms with E-state index in [0.29, 0.717) is 31.8 Å². The quantitative estimate of drug-likeness (QED) is 0.698. The number of aromatic nitrogens is 2. The fourth-order valence-corrected chi connectivity index (χ4v) is 4.73. The number of carbonyl (C=O) groups excluding carboxylic acids is 2. The van der Waals surface area contributed by atoms with Gasteiger partial charge in [-0.2, -0.15) is 0 Å². The maximum absolute atomic E-state index is 12.9. The molecule has 0 aliphatic carbocycles. The molecule has 2 aromatic rings. The van der Waals surface area contributed by atoms with Crippen molar-refractivity contribution in [3.63, 3.8) is 0 Å². The third kappa shape index (κ3) is 4.83. The lowest BCUT2D eigenvalue weighted by atomic mass is 9.99. The largest absolute Gasteiger partial charge is 0.331 e. The SMILES string of the molecule is Cc1nc(C2CCCCN2C(=O)CN(C)C)nc2c1CCC(=O)N2CCc1ccccc1. The zero-order valence-electron chi connectivity index (χ0n) is 19.4. The van der Waals surface area contributed by atoms with Crippen molar-refractivity contribution in [2.24, 2.45) is 0 Å². The van der Waals surface area contributed by atoms with Crippen LogP contribution in [0.5, 0.6) is 0 Å². The summed E-state index contributed by atoms with van der Waals surface area (Å²) in [6.45, 7) is 3.71. The lowest BCUT2D eigenvalue weighted by molar-refractivity contribution is -0.136. The first-order valence-corrected chi connectivity index (χ1v) is 11.6. The van der Waals surface area contributed by atoms with E-state index in [1.165, 1.54) is 5.56 Å². The van der Waals surface area contributed by atoms with Crippen LogP contribution < -0.4 is 4.90 Å². The second-order valence-electron chi connectivity index (χ2n) is 9.09. The fraction of sp³-hybridized carbons (Fsp3) is 0.520. The zero-order chi connectivity index (χ0) is 22.7. The molecule has 4 rings (SSSR count). The molecule has 0 bridgehead atoms. The molecule has 2 amide bonds. The van der Waals surface area contributed by atoms with E-state index in [1.54, 1.807) is 0 Å². The van der Waals surface area contributed by atoms with Crippen molar-refractivity contribution in [2.45, 2.75) is 51.5 Å². The number of carbonyl (C=O) groups is 2. The van der Waals surface area contributed by atoms with E-state index >= 15 is 0 Å². The van der Waals surface area contributed by atoms with Crippen molar-refractivity contribution < 1.29 is 9.59 Å². The Hall–Kier alpha value is -2.80. The summed E-state index contributed by atoms with van der Waals surface area (Å²) in [5, 5.41) is 0. The molecule has 2 aliphatic heterocycles. The van der Waals surface area contributed by atoms with Gasteiger partial charge in [-0.3, -0.25) is 14.5 Å². The van der Waals surface area contributed by atoms with Crippen molar-refractivity contribution in [1.82, 2.24) is 19.8 Å². The van der Waals surface area contributed by atoms with Gasteiger partial charge in [-0.1, -0.05) is 30.3 Å². The van der Waals surface area contributed by atoms with Gasteiger partial charge in [-0.05, 0) is 58.7 Å². The number of aryl methyl sites for hydroxylation is 1. The monoisotopic (exact) mass is 435 g/mol. The summed E-state index contributed by atoms with van der Waals surface area (Å²) < 4.78 is 0. The summed E-state index contributed by atoms with van der Waals surface area (Å²) in [4.78, 5) is 41.2. The van der Waals surface area contributed by atoms with Crippen LogP contribution in [0.25, 0.3) is 0 Å². The van der Waals surface area contributed by atoms with E-state index in [0.717, 1.165) is 49.3 Å². The Morgan fingerprint density at radius 1 is 1.12 bits per heavy atom. The van der Waals surface area contributed by atoms with Crippen LogP contribution in [0, 0.1) is 6.92 Å². The van der Waals surface area contributed by atoms with Crippen LogP contribution in [0.3, 0.4) is 0 Å². The first-order valence-electron chi connectivity index (χ1n) is 11.6. The number of hydrogen-bond acceptors (Lipinski definition) is 5. The van der Waals surface area contributed by atoms with E-state index in [1.807, 2.05) is 53.9 Å². The maximum Gasteiger partial charge on any atom is 0.237 e. The molecule has 7 nitrogen and oxygen atoms in total. The molecule has 32 heavy (non-hydrogen) atoms. The molecular formula is C25H33N5O2. The lowest BCUT2D eigenvalue weighted by Crippen LogP contribution is -2.44. The molecule has 1 saturated heterocycles. The van der Waals surface area contributed by atoms with Gasteiger partial charge in [0, 0.05) is 30.8 Å². The van der Waals surface area contributed by atoms with Crippen molar-refractivity contribution in [2.75, 3.05) is 38.6 Å². The van der Waals surface area contributed by atoms with E-state index in [9.17, 15) is 9.59 Å². The summed E-state index contributed by atoms with van der Waals surface area (Å²) in [6, 6.07) is 10.1. The van der Waals surface area contributed by atoms with Crippen LogP contribution >= 0.6 is 0 Å². The number of nitrogens with zero attached hydrogens (tertiary/aromatic N) is 5. The van der Waals surface area contributed by atoms with Gasteiger partial charge < -0.3 is 9.80 Å². The lowest BCUT2D eigenvalue weighted by Gasteiger charge is -2.37.